The first-order chi connectivity index (χ1) is 9.08. The van der Waals surface area contributed by atoms with Crippen molar-refractivity contribution >= 4 is 40.1 Å². The minimum atomic E-state index is -0.157. The second kappa shape index (κ2) is 4.74. The molecule has 0 N–H and O–H groups in total. The lowest BCUT2D eigenvalue weighted by atomic mass is 9.82. The van der Waals surface area contributed by atoms with E-state index in [9.17, 15) is 9.59 Å². The van der Waals surface area contributed by atoms with Gasteiger partial charge < -0.3 is 0 Å². The highest BCUT2D eigenvalue weighted by molar-refractivity contribution is 14.1. The molecule has 19 heavy (non-hydrogen) atoms. The van der Waals surface area contributed by atoms with Crippen molar-refractivity contribution in [2.45, 2.75) is 19.8 Å². The van der Waals surface area contributed by atoms with E-state index in [0.29, 0.717) is 12.1 Å². The van der Waals surface area contributed by atoms with E-state index in [2.05, 4.69) is 28.7 Å². The van der Waals surface area contributed by atoms with Crippen molar-refractivity contribution in [1.29, 1.82) is 0 Å². The van der Waals surface area contributed by atoms with Crippen molar-refractivity contribution in [3.8, 4) is 0 Å². The van der Waals surface area contributed by atoms with Gasteiger partial charge >= 0.3 is 0 Å². The van der Waals surface area contributed by atoms with E-state index in [1.165, 1.54) is 10.5 Å². The molecule has 4 heteroatoms. The van der Waals surface area contributed by atoms with Gasteiger partial charge in [-0.15, -0.1) is 0 Å². The molecule has 2 aliphatic rings. The topological polar surface area (TPSA) is 37.4 Å². The van der Waals surface area contributed by atoms with E-state index >= 15 is 0 Å². The molecule has 0 unspecified atom stereocenters. The number of carbonyl (C=O) groups excluding carboxylic acids is 2. The second-order valence-electron chi connectivity index (χ2n) is 5.19. The maximum atomic E-state index is 12.5. The standard InChI is InChI=1S/C15H14INO2/c1-9-2-7-12-13(8-9)15(19)17(14(12)18)11-5-3-10(16)4-6-11/h2-6,12-13H,7-8H2,1H3/t12-,13-/m1/s1. The Hall–Kier alpha value is -1.17. The number of allylic oxidation sites excluding steroid dienone is 2. The highest BCUT2D eigenvalue weighted by Crippen LogP contribution is 2.39. The van der Waals surface area contributed by atoms with Gasteiger partial charge in [0, 0.05) is 3.57 Å². The van der Waals surface area contributed by atoms with E-state index in [-0.39, 0.29) is 23.7 Å². The highest BCUT2D eigenvalue weighted by atomic mass is 127. The first-order valence-electron chi connectivity index (χ1n) is 6.37. The van der Waals surface area contributed by atoms with Crippen molar-refractivity contribution in [3.05, 3.63) is 39.5 Å². The summed E-state index contributed by atoms with van der Waals surface area (Å²) >= 11 is 2.21. The van der Waals surface area contributed by atoms with Gasteiger partial charge in [-0.05, 0) is 66.6 Å². The Morgan fingerprint density at radius 2 is 1.74 bits per heavy atom. The molecule has 3 rings (SSSR count). The summed E-state index contributed by atoms with van der Waals surface area (Å²) < 4.78 is 1.09. The smallest absolute Gasteiger partial charge is 0.238 e. The average Bonchev–Trinajstić information content (AvgIpc) is 2.63. The summed E-state index contributed by atoms with van der Waals surface area (Å²) in [7, 11) is 0. The number of benzene rings is 1. The minimum Gasteiger partial charge on any atom is -0.274 e. The summed E-state index contributed by atoms with van der Waals surface area (Å²) in [4.78, 5) is 26.2. The van der Waals surface area contributed by atoms with Crippen LogP contribution < -0.4 is 4.90 Å². The number of nitrogens with zero attached hydrogens (tertiary/aromatic N) is 1. The molecule has 1 heterocycles. The van der Waals surface area contributed by atoms with Crippen molar-refractivity contribution in [1.82, 2.24) is 0 Å². The number of hydrogen-bond donors (Lipinski definition) is 0. The van der Waals surface area contributed by atoms with Gasteiger partial charge in [0.15, 0.2) is 0 Å². The molecule has 2 amide bonds. The van der Waals surface area contributed by atoms with Gasteiger partial charge in [0.2, 0.25) is 11.8 Å². The molecule has 1 aromatic carbocycles. The molecule has 0 aromatic heterocycles. The molecular weight excluding hydrogens is 353 g/mol. The molecule has 1 aliphatic heterocycles. The number of rotatable bonds is 1. The zero-order chi connectivity index (χ0) is 13.6. The first kappa shape index (κ1) is 12.8. The first-order valence-corrected chi connectivity index (χ1v) is 7.45. The van der Waals surface area contributed by atoms with Gasteiger partial charge in [0.1, 0.15) is 0 Å². The Morgan fingerprint density at radius 1 is 1.11 bits per heavy atom. The minimum absolute atomic E-state index is 0.0383. The zero-order valence-electron chi connectivity index (χ0n) is 10.6. The summed E-state index contributed by atoms with van der Waals surface area (Å²) in [6.07, 6.45) is 3.50. The van der Waals surface area contributed by atoms with Crippen LogP contribution in [0.3, 0.4) is 0 Å². The van der Waals surface area contributed by atoms with Gasteiger partial charge in [-0.1, -0.05) is 11.6 Å². The van der Waals surface area contributed by atoms with E-state index in [0.717, 1.165) is 9.99 Å². The molecule has 1 fully saturated rings. The lowest BCUT2D eigenvalue weighted by Crippen LogP contribution is -2.30. The van der Waals surface area contributed by atoms with Crippen LogP contribution in [0.25, 0.3) is 0 Å². The summed E-state index contributed by atoms with van der Waals surface area (Å²) in [5, 5.41) is 0. The summed E-state index contributed by atoms with van der Waals surface area (Å²) in [5.74, 6) is -0.393. The number of imide groups is 1. The van der Waals surface area contributed by atoms with E-state index in [4.69, 9.17) is 0 Å². The highest BCUT2D eigenvalue weighted by Gasteiger charge is 2.48. The van der Waals surface area contributed by atoms with Crippen LogP contribution in [-0.2, 0) is 9.59 Å². The van der Waals surface area contributed by atoms with Crippen molar-refractivity contribution in [2.24, 2.45) is 11.8 Å². The van der Waals surface area contributed by atoms with E-state index < -0.39 is 0 Å². The summed E-state index contributed by atoms with van der Waals surface area (Å²) in [6, 6.07) is 7.52. The molecule has 3 nitrogen and oxygen atoms in total. The van der Waals surface area contributed by atoms with Crippen LogP contribution in [0.5, 0.6) is 0 Å². The Kier molecular flexibility index (Phi) is 3.20. The lowest BCUT2D eigenvalue weighted by Gasteiger charge is -2.18. The lowest BCUT2D eigenvalue weighted by molar-refractivity contribution is -0.122. The number of carbonyl (C=O) groups is 2. The maximum Gasteiger partial charge on any atom is 0.238 e. The van der Waals surface area contributed by atoms with Gasteiger partial charge in [0.25, 0.3) is 0 Å². The van der Waals surface area contributed by atoms with Crippen LogP contribution in [-0.4, -0.2) is 11.8 Å². The summed E-state index contributed by atoms with van der Waals surface area (Å²) in [5.41, 5.74) is 1.91. The molecule has 0 saturated carbocycles. The fourth-order valence-corrected chi connectivity index (χ4v) is 3.24. The predicted octanol–water partition coefficient (Wildman–Crippen LogP) is 3.14. The quantitative estimate of drug-likeness (QED) is 0.435. The fourth-order valence-electron chi connectivity index (χ4n) is 2.88. The third kappa shape index (κ3) is 2.12. The predicted molar refractivity (Wildman–Crippen MR) is 81.6 cm³/mol. The largest absolute Gasteiger partial charge is 0.274 e. The van der Waals surface area contributed by atoms with Crippen molar-refractivity contribution in [2.75, 3.05) is 4.90 Å². The molecule has 1 aliphatic carbocycles. The molecule has 0 radical (unpaired) electrons. The SMILES string of the molecule is CC1=CC[C@H]2C(=O)N(c3ccc(I)cc3)C(=O)[C@@H]2C1. The van der Waals surface area contributed by atoms with Crippen LogP contribution in [0.1, 0.15) is 19.8 Å². The molecule has 1 saturated heterocycles. The fraction of sp³-hybridized carbons (Fsp3) is 0.333. The van der Waals surface area contributed by atoms with Crippen LogP contribution in [0.4, 0.5) is 5.69 Å². The van der Waals surface area contributed by atoms with Crippen molar-refractivity contribution < 1.29 is 9.59 Å². The van der Waals surface area contributed by atoms with Crippen LogP contribution in [0.2, 0.25) is 0 Å². The zero-order valence-corrected chi connectivity index (χ0v) is 12.8. The van der Waals surface area contributed by atoms with Crippen LogP contribution in [0.15, 0.2) is 35.9 Å². The Bertz CT molecular complexity index is 576. The van der Waals surface area contributed by atoms with Crippen LogP contribution >= 0.6 is 22.6 Å². The molecule has 1 aromatic rings. The molecule has 0 bridgehead atoms. The molecular formula is C15H14INO2. The van der Waals surface area contributed by atoms with Gasteiger partial charge in [0.05, 0.1) is 17.5 Å². The van der Waals surface area contributed by atoms with Gasteiger partial charge in [-0.3, -0.25) is 14.5 Å². The Morgan fingerprint density at radius 3 is 2.42 bits per heavy atom. The van der Waals surface area contributed by atoms with E-state index in [1.807, 2.05) is 31.2 Å². The maximum absolute atomic E-state index is 12.5. The molecule has 2 atom stereocenters. The summed E-state index contributed by atoms with van der Waals surface area (Å²) in [6.45, 7) is 2.03. The van der Waals surface area contributed by atoms with Crippen molar-refractivity contribution in [3.63, 3.8) is 0 Å². The number of amides is 2. The monoisotopic (exact) mass is 367 g/mol. The molecule has 0 spiro atoms. The number of halogens is 1. The average molecular weight is 367 g/mol. The second-order valence-corrected chi connectivity index (χ2v) is 6.44. The number of anilines is 1. The third-order valence-corrected chi connectivity index (χ3v) is 4.63. The van der Waals surface area contributed by atoms with E-state index in [1.54, 1.807) is 0 Å². The normalized spacial score (nSPS) is 26.4. The third-order valence-electron chi connectivity index (χ3n) is 3.91. The number of fused-ring (bicyclic) bond motifs is 1. The van der Waals surface area contributed by atoms with Crippen LogP contribution in [0, 0.1) is 15.4 Å². The molecule has 98 valence electrons. The Balaban J connectivity index is 1.95. The number of hydrogen-bond acceptors (Lipinski definition) is 2. The van der Waals surface area contributed by atoms with Gasteiger partial charge in [-0.25, -0.2) is 0 Å². The Labute approximate surface area is 125 Å². The van der Waals surface area contributed by atoms with Gasteiger partial charge in [-0.2, -0.15) is 0 Å².